The second-order valence-electron chi connectivity index (χ2n) is 4.52. The maximum atomic E-state index is 10.6. The van der Waals surface area contributed by atoms with Gasteiger partial charge >= 0.3 is 0 Å². The molecule has 21 heavy (non-hydrogen) atoms. The van der Waals surface area contributed by atoms with Gasteiger partial charge in [-0.3, -0.25) is 4.79 Å². The van der Waals surface area contributed by atoms with Crippen molar-refractivity contribution in [2.24, 2.45) is 0 Å². The number of Topliss-reactive ketones (excluding diaryl/α,β-unsaturated/α-hetero) is 1. The number of ether oxygens (including phenoxy) is 3. The van der Waals surface area contributed by atoms with Crippen LogP contribution in [0.1, 0.15) is 19.8 Å². The van der Waals surface area contributed by atoms with E-state index in [9.17, 15) is 9.59 Å². The van der Waals surface area contributed by atoms with Crippen molar-refractivity contribution in [2.75, 3.05) is 51.9 Å². The number of nitrogens with one attached hydrogen (secondary N) is 1. The molecule has 0 rings (SSSR count). The molecular formula is C14H27NO5S. The first kappa shape index (κ1) is 20.5. The molecule has 0 heterocycles. The number of thiol groups is 1. The lowest BCUT2D eigenvalue weighted by molar-refractivity contribution is -0.118. The van der Waals surface area contributed by atoms with Crippen LogP contribution in [0.4, 0.5) is 0 Å². The Hall–Kier alpha value is -0.470. The molecule has 0 aliphatic rings. The summed E-state index contributed by atoms with van der Waals surface area (Å²) in [4.78, 5) is 21.2. The SMILES string of the molecule is CC(=O)CCOCCOCCOCCCN[C@H](C=O)CS. The summed E-state index contributed by atoms with van der Waals surface area (Å²) in [5.74, 6) is 0.639. The summed E-state index contributed by atoms with van der Waals surface area (Å²) in [5, 5.41) is 3.06. The van der Waals surface area contributed by atoms with E-state index in [1.54, 1.807) is 6.92 Å². The summed E-state index contributed by atoms with van der Waals surface area (Å²) in [7, 11) is 0. The molecule has 0 unspecified atom stereocenters. The molecule has 0 aromatic carbocycles. The third kappa shape index (κ3) is 15.7. The highest BCUT2D eigenvalue weighted by molar-refractivity contribution is 7.80. The molecule has 0 bridgehead atoms. The zero-order valence-corrected chi connectivity index (χ0v) is 13.6. The smallest absolute Gasteiger partial charge is 0.137 e. The molecule has 0 saturated heterocycles. The Morgan fingerprint density at radius 3 is 2.19 bits per heavy atom. The first-order chi connectivity index (χ1) is 10.2. The second-order valence-corrected chi connectivity index (χ2v) is 4.89. The van der Waals surface area contributed by atoms with Gasteiger partial charge in [0.25, 0.3) is 0 Å². The largest absolute Gasteiger partial charge is 0.379 e. The summed E-state index contributed by atoms with van der Waals surface area (Å²) in [6.45, 7) is 5.42. The van der Waals surface area contributed by atoms with E-state index in [2.05, 4.69) is 17.9 Å². The highest BCUT2D eigenvalue weighted by Gasteiger charge is 2.01. The summed E-state index contributed by atoms with van der Waals surface area (Å²) >= 11 is 4.05. The first-order valence-electron chi connectivity index (χ1n) is 7.23. The lowest BCUT2D eigenvalue weighted by Crippen LogP contribution is -2.33. The Kier molecular flexibility index (Phi) is 15.6. The minimum atomic E-state index is -0.181. The number of aldehydes is 1. The number of carbonyl (C=O) groups is 2. The molecule has 0 fully saturated rings. The monoisotopic (exact) mass is 321 g/mol. The van der Waals surface area contributed by atoms with Crippen LogP contribution in [0, 0.1) is 0 Å². The Bertz CT molecular complexity index is 266. The maximum absolute atomic E-state index is 10.6. The fourth-order valence-electron chi connectivity index (χ4n) is 1.38. The molecule has 124 valence electrons. The van der Waals surface area contributed by atoms with E-state index in [0.717, 1.165) is 19.3 Å². The van der Waals surface area contributed by atoms with Gasteiger partial charge in [0.15, 0.2) is 0 Å². The highest BCUT2D eigenvalue weighted by atomic mass is 32.1. The predicted molar refractivity (Wildman–Crippen MR) is 84.1 cm³/mol. The van der Waals surface area contributed by atoms with E-state index in [1.807, 2.05) is 0 Å². The fraction of sp³-hybridized carbons (Fsp3) is 0.857. The average molecular weight is 321 g/mol. The molecular weight excluding hydrogens is 294 g/mol. The van der Waals surface area contributed by atoms with Crippen LogP contribution in [0.15, 0.2) is 0 Å². The highest BCUT2D eigenvalue weighted by Crippen LogP contribution is 1.88. The molecule has 1 N–H and O–H groups in total. The van der Waals surface area contributed by atoms with Gasteiger partial charge in [0.05, 0.1) is 39.1 Å². The molecule has 0 aliphatic heterocycles. The van der Waals surface area contributed by atoms with Crippen molar-refractivity contribution in [3.63, 3.8) is 0 Å². The first-order valence-corrected chi connectivity index (χ1v) is 7.86. The summed E-state index contributed by atoms with van der Waals surface area (Å²) < 4.78 is 15.9. The van der Waals surface area contributed by atoms with Crippen molar-refractivity contribution < 1.29 is 23.8 Å². The number of hydrogen-bond acceptors (Lipinski definition) is 7. The second kappa shape index (κ2) is 15.9. The minimum absolute atomic E-state index is 0.132. The summed E-state index contributed by atoms with van der Waals surface area (Å²) in [6.07, 6.45) is 2.15. The Morgan fingerprint density at radius 1 is 1.10 bits per heavy atom. The standard InChI is InChI=1S/C14H27NO5S/c1-13(17)3-6-19-8-10-20-9-7-18-5-2-4-15-14(11-16)12-21/h11,14-15,21H,2-10,12H2,1H3/t14-/m1/s1. The van der Waals surface area contributed by atoms with Gasteiger partial charge < -0.3 is 24.3 Å². The lowest BCUT2D eigenvalue weighted by Gasteiger charge is -2.10. The molecule has 1 atom stereocenters. The Labute approximate surface area is 132 Å². The maximum Gasteiger partial charge on any atom is 0.137 e. The van der Waals surface area contributed by atoms with Crippen molar-refractivity contribution in [3.8, 4) is 0 Å². The number of hydrogen-bond donors (Lipinski definition) is 2. The summed E-state index contributed by atoms with van der Waals surface area (Å²) in [6, 6.07) is -0.181. The van der Waals surface area contributed by atoms with Crippen molar-refractivity contribution in [1.82, 2.24) is 5.32 Å². The molecule has 0 aromatic heterocycles. The van der Waals surface area contributed by atoms with Gasteiger partial charge in [-0.05, 0) is 19.9 Å². The molecule has 0 amide bonds. The van der Waals surface area contributed by atoms with Crippen LogP contribution in [-0.2, 0) is 23.8 Å². The van der Waals surface area contributed by atoms with Gasteiger partial charge in [-0.2, -0.15) is 12.6 Å². The summed E-state index contributed by atoms with van der Waals surface area (Å²) in [5.41, 5.74) is 0. The van der Waals surface area contributed by atoms with E-state index in [4.69, 9.17) is 14.2 Å². The van der Waals surface area contributed by atoms with Crippen LogP contribution >= 0.6 is 12.6 Å². The molecule has 0 spiro atoms. The van der Waals surface area contributed by atoms with Crippen molar-refractivity contribution >= 4 is 24.7 Å². The molecule has 0 radical (unpaired) electrons. The zero-order valence-electron chi connectivity index (χ0n) is 12.7. The van der Waals surface area contributed by atoms with Crippen LogP contribution in [0.3, 0.4) is 0 Å². The van der Waals surface area contributed by atoms with E-state index in [0.29, 0.717) is 51.8 Å². The van der Waals surface area contributed by atoms with E-state index >= 15 is 0 Å². The van der Waals surface area contributed by atoms with Crippen molar-refractivity contribution in [2.45, 2.75) is 25.8 Å². The van der Waals surface area contributed by atoms with Crippen LogP contribution in [0.25, 0.3) is 0 Å². The zero-order chi connectivity index (χ0) is 15.8. The number of carbonyl (C=O) groups excluding carboxylic acids is 2. The third-order valence-corrected chi connectivity index (χ3v) is 2.97. The molecule has 0 aliphatic carbocycles. The van der Waals surface area contributed by atoms with E-state index < -0.39 is 0 Å². The average Bonchev–Trinajstić information content (AvgIpc) is 2.47. The van der Waals surface area contributed by atoms with Gasteiger partial charge in [-0.15, -0.1) is 0 Å². The Balaban J connectivity index is 3.09. The molecule has 0 saturated carbocycles. The van der Waals surface area contributed by atoms with Crippen LogP contribution in [0.5, 0.6) is 0 Å². The van der Waals surface area contributed by atoms with Gasteiger partial charge in [-0.1, -0.05) is 0 Å². The predicted octanol–water partition coefficient (Wildman–Crippen LogP) is 0.492. The van der Waals surface area contributed by atoms with Crippen LogP contribution < -0.4 is 5.32 Å². The number of rotatable bonds is 16. The third-order valence-electron chi connectivity index (χ3n) is 2.58. The number of ketones is 1. The molecule has 7 heteroatoms. The minimum Gasteiger partial charge on any atom is -0.379 e. The van der Waals surface area contributed by atoms with Crippen LogP contribution in [-0.4, -0.2) is 70.1 Å². The van der Waals surface area contributed by atoms with Crippen molar-refractivity contribution in [3.05, 3.63) is 0 Å². The van der Waals surface area contributed by atoms with Gasteiger partial charge in [0, 0.05) is 18.8 Å². The van der Waals surface area contributed by atoms with Crippen LogP contribution in [0.2, 0.25) is 0 Å². The van der Waals surface area contributed by atoms with Gasteiger partial charge in [0.1, 0.15) is 12.1 Å². The van der Waals surface area contributed by atoms with Gasteiger partial charge in [0.2, 0.25) is 0 Å². The van der Waals surface area contributed by atoms with E-state index in [1.165, 1.54) is 0 Å². The normalized spacial score (nSPS) is 12.3. The lowest BCUT2D eigenvalue weighted by atomic mass is 10.3. The van der Waals surface area contributed by atoms with E-state index in [-0.39, 0.29) is 11.8 Å². The fourth-order valence-corrected chi connectivity index (χ4v) is 1.59. The topological polar surface area (TPSA) is 73.9 Å². The van der Waals surface area contributed by atoms with Crippen molar-refractivity contribution in [1.29, 1.82) is 0 Å². The molecule has 0 aromatic rings. The Morgan fingerprint density at radius 2 is 1.67 bits per heavy atom. The van der Waals surface area contributed by atoms with Gasteiger partial charge in [-0.25, -0.2) is 0 Å². The molecule has 6 nitrogen and oxygen atoms in total. The quantitative estimate of drug-likeness (QED) is 0.245.